The summed E-state index contributed by atoms with van der Waals surface area (Å²) in [7, 11) is 0. The molecule has 0 atom stereocenters. The zero-order valence-corrected chi connectivity index (χ0v) is 19.1. The van der Waals surface area contributed by atoms with Crippen molar-refractivity contribution in [3.05, 3.63) is 53.6 Å². The molecular formula is C23H26ClN4O3S+. The van der Waals surface area contributed by atoms with Crippen LogP contribution in [0.4, 0.5) is 16.2 Å². The number of carbonyl (C=O) groups is 1. The van der Waals surface area contributed by atoms with E-state index in [4.69, 9.17) is 28.6 Å². The van der Waals surface area contributed by atoms with Gasteiger partial charge in [-0.15, -0.1) is 0 Å². The van der Waals surface area contributed by atoms with Crippen LogP contribution < -0.4 is 20.5 Å². The maximum Gasteiger partial charge on any atom is 0.411 e. The molecule has 4 rings (SSSR count). The first kappa shape index (κ1) is 22.4. The van der Waals surface area contributed by atoms with Crippen molar-refractivity contribution >= 4 is 52.2 Å². The van der Waals surface area contributed by atoms with E-state index in [1.165, 1.54) is 6.42 Å². The molecule has 1 aliphatic carbocycles. The molecule has 0 aromatic heterocycles. The molecule has 1 spiro atoms. The number of carbonyl (C=O) groups excluding carboxylic acids is 1. The lowest BCUT2D eigenvalue weighted by Crippen LogP contribution is -2.81. The molecule has 4 N–H and O–H groups in total. The highest BCUT2D eigenvalue weighted by Gasteiger charge is 2.55. The molecule has 2 aromatic carbocycles. The van der Waals surface area contributed by atoms with Gasteiger partial charge in [0, 0.05) is 16.8 Å². The highest BCUT2D eigenvalue weighted by molar-refractivity contribution is 7.80. The Morgan fingerprint density at radius 1 is 1.22 bits per heavy atom. The van der Waals surface area contributed by atoms with E-state index in [-0.39, 0.29) is 17.9 Å². The van der Waals surface area contributed by atoms with E-state index < -0.39 is 6.09 Å². The Kier molecular flexibility index (Phi) is 6.81. The minimum Gasteiger partial charge on any atom is -0.508 e. The number of nitrogens with one attached hydrogen (secondary N) is 3. The van der Waals surface area contributed by atoms with E-state index in [1.54, 1.807) is 36.4 Å². The molecule has 1 amide bonds. The topological polar surface area (TPSA) is 87.8 Å². The molecule has 168 valence electrons. The third kappa shape index (κ3) is 4.81. The number of aromatic hydroxyl groups is 1. The largest absolute Gasteiger partial charge is 0.508 e. The molecule has 1 aliphatic heterocycles. The molecule has 0 radical (unpaired) electrons. The van der Waals surface area contributed by atoms with Crippen LogP contribution in [0.15, 0.2) is 48.5 Å². The van der Waals surface area contributed by atoms with Gasteiger partial charge in [-0.05, 0) is 61.5 Å². The summed E-state index contributed by atoms with van der Waals surface area (Å²) in [6.07, 6.45) is 4.72. The fraction of sp³-hybridized carbons (Fsp3) is 0.348. The van der Waals surface area contributed by atoms with Crippen molar-refractivity contribution in [3.8, 4) is 5.75 Å². The number of amidine groups is 1. The standard InChI is InChI=1S/C23H25ClN4O3S/c24-16-7-9-17(10-8-16)26-22(30)31-14-13-25-20-23(11-2-1-3-12-23)28(21(32)27-20)18-5-4-6-19(29)15-18/h4-10,15,29H,1-3,11-14H2,(H,26,30)(H,25,27,32)/p+1. The lowest BCUT2D eigenvalue weighted by molar-refractivity contribution is -0.464. The first-order chi connectivity index (χ1) is 15.5. The quantitative estimate of drug-likeness (QED) is 0.394. The average Bonchev–Trinajstić information content (AvgIpc) is 3.03. The molecule has 1 saturated carbocycles. The van der Waals surface area contributed by atoms with Gasteiger partial charge in [-0.3, -0.25) is 15.2 Å². The number of hydrogen-bond acceptors (Lipinski definition) is 4. The molecule has 9 heteroatoms. The van der Waals surface area contributed by atoms with E-state index in [0.29, 0.717) is 22.4 Å². The van der Waals surface area contributed by atoms with E-state index in [0.717, 1.165) is 37.2 Å². The summed E-state index contributed by atoms with van der Waals surface area (Å²) >= 11 is 11.5. The summed E-state index contributed by atoms with van der Waals surface area (Å²) in [5.74, 6) is 1.13. The third-order valence-electron chi connectivity index (χ3n) is 5.82. The van der Waals surface area contributed by atoms with Crippen LogP contribution >= 0.6 is 23.8 Å². The number of nitrogens with zero attached hydrogens (tertiary/aromatic N) is 1. The average molecular weight is 474 g/mol. The van der Waals surface area contributed by atoms with Crippen LogP contribution in [0.3, 0.4) is 0 Å². The van der Waals surface area contributed by atoms with Gasteiger partial charge in [0.2, 0.25) is 0 Å². The van der Waals surface area contributed by atoms with Crippen LogP contribution in [0.25, 0.3) is 0 Å². The lowest BCUT2D eigenvalue weighted by Gasteiger charge is -2.38. The molecule has 2 aliphatic rings. The Balaban J connectivity index is 1.43. The van der Waals surface area contributed by atoms with Crippen molar-refractivity contribution in [3.63, 3.8) is 0 Å². The zero-order valence-electron chi connectivity index (χ0n) is 17.6. The second-order valence-corrected chi connectivity index (χ2v) is 8.77. The van der Waals surface area contributed by atoms with Crippen molar-refractivity contribution in [2.75, 3.05) is 23.4 Å². The van der Waals surface area contributed by atoms with Crippen LogP contribution in [-0.4, -0.2) is 40.8 Å². The van der Waals surface area contributed by atoms with E-state index >= 15 is 0 Å². The number of amides is 1. The minimum atomic E-state index is -0.525. The summed E-state index contributed by atoms with van der Waals surface area (Å²) in [6, 6.07) is 14.0. The number of phenols is 1. The van der Waals surface area contributed by atoms with Gasteiger partial charge in [0.15, 0.2) is 0 Å². The molecule has 7 nitrogen and oxygen atoms in total. The first-order valence-electron chi connectivity index (χ1n) is 10.7. The summed E-state index contributed by atoms with van der Waals surface area (Å²) < 4.78 is 5.30. The van der Waals surface area contributed by atoms with Gasteiger partial charge in [0.05, 0.1) is 5.69 Å². The Hall–Kier alpha value is -2.84. The molecule has 2 aromatic rings. The second kappa shape index (κ2) is 9.75. The Labute approximate surface area is 197 Å². The number of ether oxygens (including phenoxy) is 1. The highest BCUT2D eigenvalue weighted by atomic mass is 35.5. The monoisotopic (exact) mass is 473 g/mol. The number of benzene rings is 2. The predicted molar refractivity (Wildman–Crippen MR) is 129 cm³/mol. The van der Waals surface area contributed by atoms with Gasteiger partial charge in [0.25, 0.3) is 10.9 Å². The normalized spacial score (nSPS) is 18.6. The van der Waals surface area contributed by atoms with Crippen molar-refractivity contribution in [1.82, 2.24) is 5.32 Å². The van der Waals surface area contributed by atoms with Crippen molar-refractivity contribution < 1.29 is 19.6 Å². The Bertz CT molecular complexity index is 1020. The summed E-state index contributed by atoms with van der Waals surface area (Å²) in [5.41, 5.74) is 1.17. The summed E-state index contributed by atoms with van der Waals surface area (Å²) in [6.45, 7) is 0.633. The zero-order chi connectivity index (χ0) is 22.6. The molecule has 0 bridgehead atoms. The molecule has 32 heavy (non-hydrogen) atoms. The number of rotatable bonds is 5. The number of thiocarbonyl (C=S) groups is 1. The van der Waals surface area contributed by atoms with Crippen LogP contribution in [0.2, 0.25) is 5.02 Å². The molecule has 1 saturated heterocycles. The van der Waals surface area contributed by atoms with E-state index in [9.17, 15) is 9.90 Å². The fourth-order valence-corrected chi connectivity index (χ4v) is 4.92. The maximum atomic E-state index is 12.0. The Morgan fingerprint density at radius 2 is 1.97 bits per heavy atom. The third-order valence-corrected chi connectivity index (χ3v) is 6.36. The Morgan fingerprint density at radius 3 is 2.69 bits per heavy atom. The fourth-order valence-electron chi connectivity index (χ4n) is 4.41. The molecule has 0 unspecified atom stereocenters. The minimum absolute atomic E-state index is 0.194. The van der Waals surface area contributed by atoms with Crippen LogP contribution in [0.5, 0.6) is 5.75 Å². The first-order valence-corrected chi connectivity index (χ1v) is 11.5. The van der Waals surface area contributed by atoms with Crippen LogP contribution in [0, 0.1) is 0 Å². The maximum absolute atomic E-state index is 12.0. The number of hydrogen-bond donors (Lipinski definition) is 4. The molecule has 2 fully saturated rings. The van der Waals surface area contributed by atoms with Crippen molar-refractivity contribution in [1.29, 1.82) is 0 Å². The van der Waals surface area contributed by atoms with Gasteiger partial charge in [0.1, 0.15) is 24.4 Å². The number of phenolic OH excluding ortho intramolecular Hbond substituents is 1. The smallest absolute Gasteiger partial charge is 0.411 e. The van der Waals surface area contributed by atoms with Gasteiger partial charge in [-0.2, -0.15) is 0 Å². The van der Waals surface area contributed by atoms with Gasteiger partial charge < -0.3 is 9.84 Å². The predicted octanol–water partition coefficient (Wildman–Crippen LogP) is 3.17. The highest BCUT2D eigenvalue weighted by Crippen LogP contribution is 2.40. The van der Waals surface area contributed by atoms with Gasteiger partial charge in [-0.1, -0.05) is 36.9 Å². The molecular weight excluding hydrogens is 448 g/mol. The van der Waals surface area contributed by atoms with Crippen LogP contribution in [0.1, 0.15) is 32.1 Å². The SMILES string of the molecule is O=C(Nc1ccc(Cl)cc1)OCC[NH+]=C1NC(=S)N(c2cccc(O)c2)C12CCCCC2. The molecule has 1 heterocycles. The lowest BCUT2D eigenvalue weighted by atomic mass is 9.80. The van der Waals surface area contributed by atoms with Gasteiger partial charge >= 0.3 is 6.09 Å². The second-order valence-electron chi connectivity index (χ2n) is 7.95. The summed E-state index contributed by atoms with van der Waals surface area (Å²) in [5, 5.41) is 17.2. The number of halogens is 1. The van der Waals surface area contributed by atoms with Crippen molar-refractivity contribution in [2.24, 2.45) is 0 Å². The van der Waals surface area contributed by atoms with Crippen LogP contribution in [-0.2, 0) is 4.74 Å². The van der Waals surface area contributed by atoms with Gasteiger partial charge in [-0.25, -0.2) is 10.1 Å². The van der Waals surface area contributed by atoms with Crippen molar-refractivity contribution in [2.45, 2.75) is 37.6 Å². The van der Waals surface area contributed by atoms with E-state index in [2.05, 4.69) is 20.5 Å². The summed E-state index contributed by atoms with van der Waals surface area (Å²) in [4.78, 5) is 17.6. The number of anilines is 2. The van der Waals surface area contributed by atoms with E-state index in [1.807, 2.05) is 12.1 Å².